The number of halogens is 1. The molecule has 0 aliphatic carbocycles. The second-order valence-electron chi connectivity index (χ2n) is 6.20. The smallest absolute Gasteiger partial charge is 0.340 e. The van der Waals surface area contributed by atoms with Crippen molar-refractivity contribution in [1.29, 1.82) is 0 Å². The zero-order chi connectivity index (χ0) is 19.3. The van der Waals surface area contributed by atoms with E-state index in [0.29, 0.717) is 21.2 Å². The van der Waals surface area contributed by atoms with E-state index in [0.717, 1.165) is 4.90 Å². The van der Waals surface area contributed by atoms with E-state index in [9.17, 15) is 9.35 Å². The van der Waals surface area contributed by atoms with E-state index >= 15 is 0 Å². The predicted molar refractivity (Wildman–Crippen MR) is 107 cm³/mol. The van der Waals surface area contributed by atoms with Crippen molar-refractivity contribution in [3.05, 3.63) is 52.7 Å². The highest BCUT2D eigenvalue weighted by Crippen LogP contribution is 2.34. The number of esters is 1. The van der Waals surface area contributed by atoms with Crippen molar-refractivity contribution in [3.8, 4) is 0 Å². The Morgan fingerprint density at radius 2 is 2.08 bits per heavy atom. The first-order valence-corrected chi connectivity index (χ1v) is 10.00. The van der Waals surface area contributed by atoms with Crippen molar-refractivity contribution in [2.75, 3.05) is 7.11 Å². The maximum Gasteiger partial charge on any atom is 0.340 e. The van der Waals surface area contributed by atoms with E-state index in [-0.39, 0.29) is 0 Å². The number of hydrogen-bond acceptors (Lipinski definition) is 6. The number of nitrogens with zero attached hydrogens (tertiary/aromatic N) is 2. The number of ether oxygens (including phenoxy) is 1. The molecule has 0 aliphatic rings. The largest absolute Gasteiger partial charge is 0.591 e. The van der Waals surface area contributed by atoms with Crippen molar-refractivity contribution < 1.29 is 14.1 Å². The number of pyridine rings is 1. The lowest BCUT2D eigenvalue weighted by atomic mass is 10.2. The van der Waals surface area contributed by atoms with Crippen molar-refractivity contribution >= 4 is 46.9 Å². The van der Waals surface area contributed by atoms with Crippen LogP contribution in [0.5, 0.6) is 0 Å². The quantitative estimate of drug-likeness (QED) is 0.410. The van der Waals surface area contributed by atoms with Crippen LogP contribution < -0.4 is 0 Å². The zero-order valence-corrected chi connectivity index (χ0v) is 17.2. The van der Waals surface area contributed by atoms with Crippen molar-refractivity contribution in [1.82, 2.24) is 4.98 Å². The number of methoxy groups -OCH3 is 1. The highest BCUT2D eigenvalue weighted by atomic mass is 35.5. The number of carbonyl (C=O) groups excluding carboxylic acids is 1. The Balaban J connectivity index is 2.39. The van der Waals surface area contributed by atoms with Gasteiger partial charge >= 0.3 is 5.97 Å². The van der Waals surface area contributed by atoms with Crippen molar-refractivity contribution in [2.45, 2.75) is 35.4 Å². The second kappa shape index (κ2) is 8.90. The normalized spacial score (nSPS) is 13.0. The van der Waals surface area contributed by atoms with Gasteiger partial charge in [-0.2, -0.15) is 0 Å². The summed E-state index contributed by atoms with van der Waals surface area (Å²) in [7, 11) is 1.32. The molecule has 0 N–H and O–H groups in total. The number of hydrogen-bond donors (Lipinski definition) is 0. The summed E-state index contributed by atoms with van der Waals surface area (Å²) in [6, 6.07) is 8.68. The molecular weight excluding hydrogens is 392 g/mol. The van der Waals surface area contributed by atoms with Crippen LogP contribution in [0.2, 0.25) is 5.02 Å². The summed E-state index contributed by atoms with van der Waals surface area (Å²) in [5, 5.41) is 0.966. The number of rotatable bonds is 5. The Labute approximate surface area is 165 Å². The molecule has 0 fully saturated rings. The number of aromatic nitrogens is 1. The second-order valence-corrected chi connectivity index (χ2v) is 9.57. The average Bonchev–Trinajstić information content (AvgIpc) is 2.60. The van der Waals surface area contributed by atoms with Crippen LogP contribution in [0.3, 0.4) is 0 Å². The van der Waals surface area contributed by atoms with Gasteiger partial charge in [-0.3, -0.25) is 0 Å². The molecule has 0 aliphatic heterocycles. The SMILES string of the molecule is COC(=O)c1cccnc1Sc1cccc(Cl)c1/C=N/[S+]([O-])C(C)(C)C. The van der Waals surface area contributed by atoms with Crippen molar-refractivity contribution in [3.63, 3.8) is 0 Å². The molecule has 2 rings (SSSR count). The van der Waals surface area contributed by atoms with Crippen LogP contribution in [0, 0.1) is 0 Å². The summed E-state index contributed by atoms with van der Waals surface area (Å²) < 4.78 is 20.7. The van der Waals surface area contributed by atoms with Gasteiger partial charge in [-0.1, -0.05) is 33.8 Å². The monoisotopic (exact) mass is 410 g/mol. The Morgan fingerprint density at radius 1 is 1.35 bits per heavy atom. The average molecular weight is 411 g/mol. The standard InChI is InChI=1S/C18H19ClN2O3S2/c1-18(2,3)26(23)21-11-13-14(19)8-5-9-15(13)25-16-12(17(22)24-4)7-6-10-20-16/h5-11H,1-4H3/b21-11+. The Morgan fingerprint density at radius 3 is 2.73 bits per heavy atom. The minimum Gasteiger partial charge on any atom is -0.591 e. The molecule has 1 atom stereocenters. The molecule has 0 saturated carbocycles. The first kappa shape index (κ1) is 20.8. The van der Waals surface area contributed by atoms with E-state index in [4.69, 9.17) is 16.3 Å². The molecular formula is C18H19ClN2O3S2. The van der Waals surface area contributed by atoms with Gasteiger partial charge in [-0.05, 0) is 45.0 Å². The molecule has 1 aromatic heterocycles. The molecule has 1 aromatic carbocycles. The summed E-state index contributed by atoms with van der Waals surface area (Å²) in [5.41, 5.74) is 0.986. The summed E-state index contributed by atoms with van der Waals surface area (Å²) >= 11 is 6.18. The van der Waals surface area contributed by atoms with E-state index in [1.807, 2.05) is 26.8 Å². The Bertz CT molecular complexity index is 822. The fraction of sp³-hybridized carbons (Fsp3) is 0.278. The van der Waals surface area contributed by atoms with Crippen LogP contribution in [0.15, 0.2) is 50.8 Å². The van der Waals surface area contributed by atoms with E-state index in [1.54, 1.807) is 30.5 Å². The van der Waals surface area contributed by atoms with Crippen LogP contribution in [-0.2, 0) is 16.1 Å². The van der Waals surface area contributed by atoms with Gasteiger partial charge in [0.05, 0.1) is 23.9 Å². The maximum atomic E-state index is 12.2. The molecule has 8 heteroatoms. The van der Waals surface area contributed by atoms with Crippen molar-refractivity contribution in [2.24, 2.45) is 4.40 Å². The molecule has 1 unspecified atom stereocenters. The topological polar surface area (TPSA) is 74.6 Å². The van der Waals surface area contributed by atoms with Gasteiger partial charge in [0.2, 0.25) is 0 Å². The lowest BCUT2D eigenvalue weighted by Gasteiger charge is -2.18. The molecule has 26 heavy (non-hydrogen) atoms. The fourth-order valence-corrected chi connectivity index (χ4v) is 3.63. The third-order valence-electron chi connectivity index (χ3n) is 3.20. The van der Waals surface area contributed by atoms with Gasteiger partial charge in [0.15, 0.2) is 0 Å². The molecule has 1 heterocycles. The summed E-state index contributed by atoms with van der Waals surface area (Å²) in [5.74, 6) is -0.466. The number of benzene rings is 1. The first-order valence-electron chi connectivity index (χ1n) is 7.70. The molecule has 0 saturated heterocycles. The molecule has 138 valence electrons. The van der Waals surface area contributed by atoms with Gasteiger partial charge in [-0.25, -0.2) is 9.78 Å². The van der Waals surface area contributed by atoms with Crippen LogP contribution >= 0.6 is 23.4 Å². The van der Waals surface area contributed by atoms with Crippen LogP contribution in [0.1, 0.15) is 36.7 Å². The Hall–Kier alpha value is -1.54. The van der Waals surface area contributed by atoms with E-state index in [2.05, 4.69) is 9.38 Å². The molecule has 5 nitrogen and oxygen atoms in total. The lowest BCUT2D eigenvalue weighted by Crippen LogP contribution is -2.25. The van der Waals surface area contributed by atoms with E-state index in [1.165, 1.54) is 25.1 Å². The van der Waals surface area contributed by atoms with Crippen LogP contribution in [-0.4, -0.2) is 33.6 Å². The highest BCUT2D eigenvalue weighted by molar-refractivity contribution is 7.99. The van der Waals surface area contributed by atoms with Crippen LogP contribution in [0.4, 0.5) is 0 Å². The highest BCUT2D eigenvalue weighted by Gasteiger charge is 2.26. The minimum atomic E-state index is -1.40. The maximum absolute atomic E-state index is 12.2. The van der Waals surface area contributed by atoms with Gasteiger partial charge in [0, 0.05) is 16.7 Å². The van der Waals surface area contributed by atoms with Gasteiger partial charge in [0.1, 0.15) is 21.1 Å². The first-order chi connectivity index (χ1) is 12.2. The summed E-state index contributed by atoms with van der Waals surface area (Å²) in [6.45, 7) is 5.54. The molecule has 0 amide bonds. The predicted octanol–water partition coefficient (Wildman–Crippen LogP) is 4.55. The third kappa shape index (κ3) is 5.23. The summed E-state index contributed by atoms with van der Waals surface area (Å²) in [6.07, 6.45) is 3.11. The van der Waals surface area contributed by atoms with E-state index < -0.39 is 22.1 Å². The molecule has 0 spiro atoms. The van der Waals surface area contributed by atoms with Crippen LogP contribution in [0.25, 0.3) is 0 Å². The molecule has 0 radical (unpaired) electrons. The number of carbonyl (C=O) groups is 1. The van der Waals surface area contributed by atoms with Gasteiger partial charge in [0.25, 0.3) is 0 Å². The summed E-state index contributed by atoms with van der Waals surface area (Å²) in [4.78, 5) is 16.9. The minimum absolute atomic E-state index is 0.362. The fourth-order valence-electron chi connectivity index (χ4n) is 1.83. The lowest BCUT2D eigenvalue weighted by molar-refractivity contribution is 0.0596. The van der Waals surface area contributed by atoms with Gasteiger partial charge in [-0.15, -0.1) is 0 Å². The molecule has 2 aromatic rings. The van der Waals surface area contributed by atoms with Gasteiger partial charge < -0.3 is 9.29 Å². The third-order valence-corrected chi connectivity index (χ3v) is 5.97. The molecule has 0 bridgehead atoms. The Kier molecular flexibility index (Phi) is 7.11. The zero-order valence-electron chi connectivity index (χ0n) is 14.9.